The molecule has 0 aromatic carbocycles. The fourth-order valence-electron chi connectivity index (χ4n) is 3.52. The first kappa shape index (κ1) is 15.5. The third kappa shape index (κ3) is 2.89. The van der Waals surface area contributed by atoms with E-state index in [2.05, 4.69) is 15.3 Å². The Kier molecular flexibility index (Phi) is 4.20. The van der Waals surface area contributed by atoms with E-state index in [0.29, 0.717) is 24.3 Å². The number of fused-ring (bicyclic) bond motifs is 1. The lowest BCUT2D eigenvalue weighted by Gasteiger charge is -2.20. The van der Waals surface area contributed by atoms with E-state index < -0.39 is 0 Å². The van der Waals surface area contributed by atoms with Crippen LogP contribution in [0.1, 0.15) is 15.2 Å². The van der Waals surface area contributed by atoms with Crippen LogP contribution in [0.15, 0.2) is 29.9 Å². The van der Waals surface area contributed by atoms with Crippen LogP contribution in [0.3, 0.4) is 0 Å². The number of rotatable bonds is 4. The van der Waals surface area contributed by atoms with Crippen molar-refractivity contribution < 1.29 is 9.53 Å². The number of nitrogens with zero attached hydrogens (tertiary/aromatic N) is 3. The first-order valence-corrected chi connectivity index (χ1v) is 9.06. The van der Waals surface area contributed by atoms with Crippen LogP contribution >= 0.6 is 11.3 Å². The second-order valence-electron chi connectivity index (χ2n) is 6.39. The Bertz CT molecular complexity index is 720. The van der Waals surface area contributed by atoms with Gasteiger partial charge in [-0.3, -0.25) is 4.79 Å². The minimum absolute atomic E-state index is 0.138. The average molecular weight is 344 g/mol. The van der Waals surface area contributed by atoms with Crippen molar-refractivity contribution in [2.45, 2.75) is 13.0 Å². The molecule has 0 unspecified atom stereocenters. The number of aryl methyl sites for hydroxylation is 1. The van der Waals surface area contributed by atoms with Gasteiger partial charge in [0.15, 0.2) is 0 Å². The van der Waals surface area contributed by atoms with Gasteiger partial charge in [-0.15, -0.1) is 11.3 Å². The maximum absolute atomic E-state index is 12.7. The Morgan fingerprint density at radius 1 is 1.42 bits per heavy atom. The van der Waals surface area contributed by atoms with Crippen molar-refractivity contribution in [3.8, 4) is 0 Å². The van der Waals surface area contributed by atoms with E-state index in [-0.39, 0.29) is 12.0 Å². The van der Waals surface area contributed by atoms with Gasteiger partial charge in [-0.2, -0.15) is 0 Å². The van der Waals surface area contributed by atoms with Crippen LogP contribution in [0.5, 0.6) is 0 Å². The SMILES string of the molecule is Cc1ccsc1C(=O)N1C[C@@H]2[C@@H](CNc3ncccn3)CO[C@@H]2C1. The quantitative estimate of drug-likeness (QED) is 0.919. The highest BCUT2D eigenvalue weighted by Gasteiger charge is 2.45. The molecule has 2 aromatic rings. The zero-order valence-electron chi connectivity index (χ0n) is 13.5. The second-order valence-corrected chi connectivity index (χ2v) is 7.31. The van der Waals surface area contributed by atoms with E-state index in [9.17, 15) is 4.79 Å². The minimum atomic E-state index is 0.138. The van der Waals surface area contributed by atoms with Crippen molar-refractivity contribution in [3.63, 3.8) is 0 Å². The van der Waals surface area contributed by atoms with E-state index in [1.165, 1.54) is 11.3 Å². The Morgan fingerprint density at radius 3 is 3.00 bits per heavy atom. The Labute approximate surface area is 144 Å². The third-order valence-electron chi connectivity index (χ3n) is 4.87. The number of thiophene rings is 1. The fourth-order valence-corrected chi connectivity index (χ4v) is 4.42. The van der Waals surface area contributed by atoms with Gasteiger partial charge in [0.05, 0.1) is 17.6 Å². The molecule has 0 bridgehead atoms. The lowest BCUT2D eigenvalue weighted by Crippen LogP contribution is -2.32. The van der Waals surface area contributed by atoms with Gasteiger partial charge in [-0.1, -0.05) is 0 Å². The number of amides is 1. The maximum Gasteiger partial charge on any atom is 0.264 e. The molecule has 2 saturated heterocycles. The van der Waals surface area contributed by atoms with Crippen LogP contribution < -0.4 is 5.32 Å². The van der Waals surface area contributed by atoms with Gasteiger partial charge in [-0.25, -0.2) is 9.97 Å². The molecule has 1 amide bonds. The number of aromatic nitrogens is 2. The summed E-state index contributed by atoms with van der Waals surface area (Å²) in [4.78, 5) is 23.9. The number of carbonyl (C=O) groups excluding carboxylic acids is 1. The number of anilines is 1. The van der Waals surface area contributed by atoms with Gasteiger partial charge in [0, 0.05) is 43.9 Å². The average Bonchev–Trinajstić information content (AvgIpc) is 3.29. The molecule has 1 N–H and O–H groups in total. The van der Waals surface area contributed by atoms with Gasteiger partial charge < -0.3 is 15.0 Å². The van der Waals surface area contributed by atoms with Crippen LogP contribution in [0, 0.1) is 18.8 Å². The molecule has 7 heteroatoms. The summed E-state index contributed by atoms with van der Waals surface area (Å²) in [7, 11) is 0. The molecular formula is C17H20N4O2S. The molecule has 0 saturated carbocycles. The van der Waals surface area contributed by atoms with Crippen molar-refractivity contribution in [2.24, 2.45) is 11.8 Å². The molecule has 2 fully saturated rings. The van der Waals surface area contributed by atoms with Crippen molar-refractivity contribution in [3.05, 3.63) is 40.3 Å². The van der Waals surface area contributed by atoms with Gasteiger partial charge >= 0.3 is 0 Å². The van der Waals surface area contributed by atoms with Crippen LogP contribution in [-0.2, 0) is 4.74 Å². The molecule has 2 aromatic heterocycles. The highest BCUT2D eigenvalue weighted by Crippen LogP contribution is 2.35. The molecule has 126 valence electrons. The van der Waals surface area contributed by atoms with Crippen molar-refractivity contribution in [1.82, 2.24) is 14.9 Å². The summed E-state index contributed by atoms with van der Waals surface area (Å²) in [6, 6.07) is 3.80. The number of ether oxygens (including phenoxy) is 1. The lowest BCUT2D eigenvalue weighted by atomic mass is 9.93. The predicted octanol–water partition coefficient (Wildman–Crippen LogP) is 2.05. The van der Waals surface area contributed by atoms with E-state index in [1.54, 1.807) is 18.5 Å². The smallest absolute Gasteiger partial charge is 0.264 e. The molecule has 6 nitrogen and oxygen atoms in total. The summed E-state index contributed by atoms with van der Waals surface area (Å²) < 4.78 is 5.93. The highest BCUT2D eigenvalue weighted by molar-refractivity contribution is 7.12. The van der Waals surface area contributed by atoms with Gasteiger partial charge in [-0.05, 0) is 30.0 Å². The van der Waals surface area contributed by atoms with Gasteiger partial charge in [0.25, 0.3) is 5.91 Å². The lowest BCUT2D eigenvalue weighted by molar-refractivity contribution is 0.0683. The standard InChI is InChI=1S/C17H20N4O2S/c1-11-3-6-24-15(11)16(22)21-8-13-12(10-23-14(13)9-21)7-20-17-18-4-2-5-19-17/h2-6,12-14H,7-10H2,1H3,(H,18,19,20)/t12-,13+,14+/m0/s1. The van der Waals surface area contributed by atoms with Crippen molar-refractivity contribution >= 4 is 23.2 Å². The number of nitrogens with one attached hydrogen (secondary N) is 1. The summed E-state index contributed by atoms with van der Waals surface area (Å²) in [6.45, 7) is 4.95. The molecule has 0 spiro atoms. The minimum Gasteiger partial charge on any atom is -0.376 e. The summed E-state index contributed by atoms with van der Waals surface area (Å²) in [5, 5.41) is 5.25. The van der Waals surface area contributed by atoms with E-state index in [0.717, 1.165) is 30.1 Å². The Balaban J connectivity index is 1.38. The van der Waals surface area contributed by atoms with E-state index in [4.69, 9.17) is 4.74 Å². The largest absolute Gasteiger partial charge is 0.376 e. The first-order valence-electron chi connectivity index (χ1n) is 8.18. The van der Waals surface area contributed by atoms with E-state index >= 15 is 0 Å². The van der Waals surface area contributed by atoms with Crippen LogP contribution in [0.25, 0.3) is 0 Å². The molecule has 4 rings (SSSR count). The molecular weight excluding hydrogens is 324 g/mol. The van der Waals surface area contributed by atoms with Gasteiger partial charge in [0.1, 0.15) is 0 Å². The Hall–Kier alpha value is -1.99. The zero-order chi connectivity index (χ0) is 16.5. The summed E-state index contributed by atoms with van der Waals surface area (Å²) >= 11 is 1.52. The molecule has 3 atom stereocenters. The fraction of sp³-hybridized carbons (Fsp3) is 0.471. The molecule has 24 heavy (non-hydrogen) atoms. The van der Waals surface area contributed by atoms with Crippen LogP contribution in [-0.4, -0.2) is 53.1 Å². The van der Waals surface area contributed by atoms with Crippen molar-refractivity contribution in [1.29, 1.82) is 0 Å². The van der Waals surface area contributed by atoms with Crippen LogP contribution in [0.4, 0.5) is 5.95 Å². The monoisotopic (exact) mass is 344 g/mol. The highest BCUT2D eigenvalue weighted by atomic mass is 32.1. The molecule has 0 radical (unpaired) electrons. The normalized spacial score (nSPS) is 25.7. The predicted molar refractivity (Wildman–Crippen MR) is 92.2 cm³/mol. The topological polar surface area (TPSA) is 67.4 Å². The number of likely N-dealkylation sites (tertiary alicyclic amines) is 1. The van der Waals surface area contributed by atoms with Crippen molar-refractivity contribution in [2.75, 3.05) is 31.6 Å². The number of hydrogen-bond donors (Lipinski definition) is 1. The Morgan fingerprint density at radius 2 is 2.25 bits per heavy atom. The van der Waals surface area contributed by atoms with Gasteiger partial charge in [0.2, 0.25) is 5.95 Å². The maximum atomic E-state index is 12.7. The number of hydrogen-bond acceptors (Lipinski definition) is 6. The first-order chi connectivity index (χ1) is 11.7. The second kappa shape index (κ2) is 6.49. The number of carbonyl (C=O) groups is 1. The third-order valence-corrected chi connectivity index (χ3v) is 5.88. The zero-order valence-corrected chi connectivity index (χ0v) is 14.3. The van der Waals surface area contributed by atoms with Crippen LogP contribution in [0.2, 0.25) is 0 Å². The molecule has 4 heterocycles. The summed E-state index contributed by atoms with van der Waals surface area (Å²) in [5.74, 6) is 1.53. The molecule has 2 aliphatic rings. The van der Waals surface area contributed by atoms with E-state index in [1.807, 2.05) is 23.3 Å². The summed E-state index contributed by atoms with van der Waals surface area (Å²) in [5.41, 5.74) is 1.06. The summed E-state index contributed by atoms with van der Waals surface area (Å²) in [6.07, 6.45) is 3.60. The molecule has 2 aliphatic heterocycles. The molecule has 0 aliphatic carbocycles.